The lowest BCUT2D eigenvalue weighted by atomic mass is 10.3. The maximum atomic E-state index is 13.8. The topological polar surface area (TPSA) is 36.3 Å². The number of aromatic nitrogens is 2. The van der Waals surface area contributed by atoms with Crippen LogP contribution < -0.4 is 0 Å². The smallest absolute Gasteiger partial charge is 0.139 e. The Hall–Kier alpha value is -0.690. The largest absolute Gasteiger partial charge is 0.376 e. The highest BCUT2D eigenvalue weighted by Crippen LogP contribution is 2.25. The molecule has 0 aliphatic carbocycles. The summed E-state index contributed by atoms with van der Waals surface area (Å²) in [5.74, 6) is 1.00. The first-order valence-electron chi connectivity index (χ1n) is 6.78. The molecule has 1 saturated heterocycles. The van der Waals surface area contributed by atoms with Crippen molar-refractivity contribution in [3.05, 3.63) is 28.2 Å². The molecule has 1 aliphatic heterocycles. The highest BCUT2D eigenvalue weighted by atomic mass is 79.9. The number of rotatable bonds is 4. The first-order chi connectivity index (χ1) is 10.2. The van der Waals surface area contributed by atoms with Crippen molar-refractivity contribution in [1.29, 1.82) is 0 Å². The van der Waals surface area contributed by atoms with Gasteiger partial charge in [0.1, 0.15) is 11.6 Å². The fourth-order valence-electron chi connectivity index (χ4n) is 2.49. The van der Waals surface area contributed by atoms with E-state index in [0.717, 1.165) is 16.9 Å². The minimum atomic E-state index is -0.304. The molecule has 1 aromatic carbocycles. The van der Waals surface area contributed by atoms with Crippen LogP contribution in [0.5, 0.6) is 0 Å². The van der Waals surface area contributed by atoms with Gasteiger partial charge in [0, 0.05) is 18.4 Å². The number of benzene rings is 1. The van der Waals surface area contributed by atoms with Crippen molar-refractivity contribution >= 4 is 38.6 Å². The molecule has 1 atom stereocenters. The fraction of sp³-hybridized carbons (Fsp3) is 0.500. The molecule has 3 rings (SSSR count). The maximum Gasteiger partial charge on any atom is 0.139 e. The van der Waals surface area contributed by atoms with Gasteiger partial charge in [-0.25, -0.2) is 9.37 Å². The molecule has 0 saturated carbocycles. The first kappa shape index (κ1) is 15.2. The Balaban J connectivity index is 2.00. The third-order valence-corrected chi connectivity index (χ3v) is 4.26. The highest BCUT2D eigenvalue weighted by Gasteiger charge is 2.19. The molecule has 0 N–H and O–H groups in total. The molecule has 1 unspecified atom stereocenters. The van der Waals surface area contributed by atoms with E-state index in [-0.39, 0.29) is 11.9 Å². The number of halogens is 3. The Kier molecular flexibility index (Phi) is 4.78. The molecule has 114 valence electrons. The second kappa shape index (κ2) is 6.60. The molecule has 0 bridgehead atoms. The van der Waals surface area contributed by atoms with E-state index < -0.39 is 0 Å². The van der Waals surface area contributed by atoms with Crippen molar-refractivity contribution in [1.82, 2.24) is 9.55 Å². The van der Waals surface area contributed by atoms with Crippen LogP contribution in [0.25, 0.3) is 11.0 Å². The van der Waals surface area contributed by atoms with Crippen LogP contribution in [0.1, 0.15) is 5.82 Å². The fourth-order valence-corrected chi connectivity index (χ4v) is 3.00. The summed E-state index contributed by atoms with van der Waals surface area (Å²) in [6.45, 7) is 2.34. The Bertz CT molecular complexity index is 643. The molecular formula is C14H15BrClFN2O2. The van der Waals surface area contributed by atoms with Crippen LogP contribution in [0.15, 0.2) is 16.6 Å². The molecule has 7 heteroatoms. The van der Waals surface area contributed by atoms with Crippen molar-refractivity contribution in [3.8, 4) is 0 Å². The van der Waals surface area contributed by atoms with Gasteiger partial charge in [0.2, 0.25) is 0 Å². The molecule has 0 spiro atoms. The molecule has 2 aromatic rings. The normalized spacial score (nSPS) is 19.3. The van der Waals surface area contributed by atoms with Crippen molar-refractivity contribution < 1.29 is 13.9 Å². The van der Waals surface area contributed by atoms with Crippen LogP contribution in [0.4, 0.5) is 4.39 Å². The molecule has 4 nitrogen and oxygen atoms in total. The van der Waals surface area contributed by atoms with Gasteiger partial charge < -0.3 is 14.0 Å². The molecule has 21 heavy (non-hydrogen) atoms. The lowest BCUT2D eigenvalue weighted by Crippen LogP contribution is -2.32. The predicted octanol–water partition coefficient (Wildman–Crippen LogP) is 3.13. The number of aryl methyl sites for hydroxylation is 1. The highest BCUT2D eigenvalue weighted by molar-refractivity contribution is 9.10. The zero-order valence-corrected chi connectivity index (χ0v) is 13.7. The maximum absolute atomic E-state index is 13.8. The molecule has 1 aromatic heterocycles. The summed E-state index contributed by atoms with van der Waals surface area (Å²) in [4.78, 5) is 4.56. The average molecular weight is 378 g/mol. The summed E-state index contributed by atoms with van der Waals surface area (Å²) in [7, 11) is 0. The summed E-state index contributed by atoms with van der Waals surface area (Å²) in [5, 5.41) is 0. The molecular weight excluding hydrogens is 363 g/mol. The van der Waals surface area contributed by atoms with Crippen LogP contribution in [0.3, 0.4) is 0 Å². The Morgan fingerprint density at radius 2 is 2.29 bits per heavy atom. The summed E-state index contributed by atoms with van der Waals surface area (Å²) < 4.78 is 27.3. The van der Waals surface area contributed by atoms with Gasteiger partial charge in [0.05, 0.1) is 48.0 Å². The van der Waals surface area contributed by atoms with Crippen LogP contribution in [-0.2, 0) is 22.4 Å². The molecule has 0 radical (unpaired) electrons. The zero-order valence-electron chi connectivity index (χ0n) is 11.3. The Morgan fingerprint density at radius 3 is 3.00 bits per heavy atom. The Morgan fingerprint density at radius 1 is 1.43 bits per heavy atom. The zero-order chi connectivity index (χ0) is 14.8. The number of hydrogen-bond acceptors (Lipinski definition) is 3. The van der Waals surface area contributed by atoms with E-state index in [1.807, 2.05) is 4.57 Å². The van der Waals surface area contributed by atoms with E-state index in [1.54, 1.807) is 6.07 Å². The van der Waals surface area contributed by atoms with Gasteiger partial charge in [-0.3, -0.25) is 0 Å². The second-order valence-electron chi connectivity index (χ2n) is 4.90. The van der Waals surface area contributed by atoms with Gasteiger partial charge in [-0.1, -0.05) is 0 Å². The monoisotopic (exact) mass is 376 g/mol. The van der Waals surface area contributed by atoms with Crippen LogP contribution in [0.2, 0.25) is 0 Å². The number of imidazole rings is 1. The third-order valence-electron chi connectivity index (χ3n) is 3.46. The number of nitrogens with zero attached hydrogens (tertiary/aromatic N) is 2. The van der Waals surface area contributed by atoms with Gasteiger partial charge in [-0.2, -0.15) is 0 Å². The lowest BCUT2D eigenvalue weighted by molar-refractivity contribution is -0.0934. The molecule has 0 amide bonds. The van der Waals surface area contributed by atoms with Gasteiger partial charge >= 0.3 is 0 Å². The summed E-state index contributed by atoms with van der Waals surface area (Å²) in [6, 6.07) is 3.19. The van der Waals surface area contributed by atoms with Gasteiger partial charge in [-0.05, 0) is 22.0 Å². The molecule has 1 fully saturated rings. The molecule has 1 aliphatic rings. The van der Waals surface area contributed by atoms with Crippen molar-refractivity contribution in [3.63, 3.8) is 0 Å². The number of hydrogen-bond donors (Lipinski definition) is 0. The van der Waals surface area contributed by atoms with E-state index in [4.69, 9.17) is 21.1 Å². The quantitative estimate of drug-likeness (QED) is 0.768. The average Bonchev–Trinajstić information content (AvgIpc) is 2.79. The molecule has 2 heterocycles. The van der Waals surface area contributed by atoms with Crippen LogP contribution in [0, 0.1) is 5.82 Å². The van der Waals surface area contributed by atoms with Crippen molar-refractivity contribution in [2.45, 2.75) is 19.1 Å². The van der Waals surface area contributed by atoms with Crippen LogP contribution >= 0.6 is 27.5 Å². The minimum Gasteiger partial charge on any atom is -0.376 e. The summed E-state index contributed by atoms with van der Waals surface area (Å²) in [6.07, 6.45) is 0.584. The SMILES string of the molecule is Fc1cc2c(cc1Br)nc(CCCl)n2CC1COCCO1. The number of alkyl halides is 1. The third kappa shape index (κ3) is 3.23. The second-order valence-corrected chi connectivity index (χ2v) is 6.13. The lowest BCUT2D eigenvalue weighted by Gasteiger charge is -2.24. The summed E-state index contributed by atoms with van der Waals surface area (Å²) in [5.41, 5.74) is 1.50. The van der Waals surface area contributed by atoms with E-state index in [0.29, 0.717) is 43.1 Å². The van der Waals surface area contributed by atoms with Gasteiger partial charge in [0.15, 0.2) is 0 Å². The summed E-state index contributed by atoms with van der Waals surface area (Å²) >= 11 is 9.04. The number of ether oxygens (including phenoxy) is 2. The number of fused-ring (bicyclic) bond motifs is 1. The van der Waals surface area contributed by atoms with E-state index in [2.05, 4.69) is 20.9 Å². The van der Waals surface area contributed by atoms with E-state index >= 15 is 0 Å². The minimum absolute atomic E-state index is 0.0445. The standard InChI is InChI=1S/C14H15BrClFN2O2/c15-10-5-12-13(6-11(10)17)19(14(18-12)1-2-16)7-9-8-20-3-4-21-9/h5-6,9H,1-4,7-8H2. The predicted molar refractivity (Wildman–Crippen MR) is 82.4 cm³/mol. The van der Waals surface area contributed by atoms with Gasteiger partial charge in [0.25, 0.3) is 0 Å². The first-order valence-corrected chi connectivity index (χ1v) is 8.11. The van der Waals surface area contributed by atoms with Crippen molar-refractivity contribution in [2.75, 3.05) is 25.7 Å². The van der Waals surface area contributed by atoms with Crippen molar-refractivity contribution in [2.24, 2.45) is 0 Å². The van der Waals surface area contributed by atoms with Crippen LogP contribution in [-0.4, -0.2) is 41.4 Å². The van der Waals surface area contributed by atoms with E-state index in [9.17, 15) is 4.39 Å². The Labute approximate surface area is 135 Å². The van der Waals surface area contributed by atoms with E-state index in [1.165, 1.54) is 6.07 Å². The van der Waals surface area contributed by atoms with Gasteiger partial charge in [-0.15, -0.1) is 11.6 Å².